The van der Waals surface area contributed by atoms with Crippen LogP contribution in [0.5, 0.6) is 0 Å². The molecule has 0 unspecified atom stereocenters. The predicted octanol–water partition coefficient (Wildman–Crippen LogP) is 6.70. The fraction of sp³-hybridized carbons (Fsp3) is 0.526. The zero-order valence-electron chi connectivity index (χ0n) is 15.3. The minimum Gasteiger partial charge on any atom is -0.374 e. The number of rotatable bonds is 10. The second-order valence-electron chi connectivity index (χ2n) is 6.38. The van der Waals surface area contributed by atoms with E-state index in [4.69, 9.17) is 0 Å². The lowest BCUT2D eigenvalue weighted by Gasteiger charge is -2.24. The van der Waals surface area contributed by atoms with Gasteiger partial charge in [0, 0.05) is 36.5 Å². The Morgan fingerprint density at radius 3 is 2.50 bits per heavy atom. The monoisotopic (exact) mass is 385 g/mol. The van der Waals surface area contributed by atoms with Gasteiger partial charge >= 0.3 is 6.18 Å². The summed E-state index contributed by atoms with van der Waals surface area (Å²) >= 11 is 1.35. The Balaban J connectivity index is 2.04. The summed E-state index contributed by atoms with van der Waals surface area (Å²) in [5, 5.41) is 5.27. The van der Waals surface area contributed by atoms with Crippen LogP contribution in [0.1, 0.15) is 51.0 Å². The van der Waals surface area contributed by atoms with Gasteiger partial charge in [-0.1, -0.05) is 39.0 Å². The van der Waals surface area contributed by atoms with E-state index in [9.17, 15) is 13.2 Å². The zero-order chi connectivity index (χ0) is 19.0. The summed E-state index contributed by atoms with van der Waals surface area (Å²) in [6.07, 6.45) is 3.92. The standard InChI is InChI=1S/C19H26F3N3S/c1-3-4-5-6-7-8-12-25(2)17-10-9-15(14-16(17)19(20,21)22)24-18-23-11-13-26-18/h9-11,13-14H,3-8,12H2,1-2H3,(H,23,24). The molecule has 0 aliphatic carbocycles. The van der Waals surface area contributed by atoms with Crippen molar-refractivity contribution >= 4 is 27.8 Å². The minimum absolute atomic E-state index is 0.218. The van der Waals surface area contributed by atoms with Crippen molar-refractivity contribution < 1.29 is 13.2 Å². The molecule has 7 heteroatoms. The molecule has 0 saturated carbocycles. The zero-order valence-corrected chi connectivity index (χ0v) is 16.1. The maximum atomic E-state index is 13.5. The van der Waals surface area contributed by atoms with Crippen LogP contribution in [0.25, 0.3) is 0 Å². The molecule has 0 radical (unpaired) electrons. The molecule has 0 atom stereocenters. The number of hydrogen-bond acceptors (Lipinski definition) is 4. The van der Waals surface area contributed by atoms with Crippen LogP contribution in [0.2, 0.25) is 0 Å². The van der Waals surface area contributed by atoms with Gasteiger partial charge in [0.2, 0.25) is 0 Å². The van der Waals surface area contributed by atoms with Crippen molar-refractivity contribution in [2.45, 2.75) is 51.6 Å². The van der Waals surface area contributed by atoms with Gasteiger partial charge in [-0.2, -0.15) is 13.2 Å². The molecular formula is C19H26F3N3S. The highest BCUT2D eigenvalue weighted by Crippen LogP contribution is 2.38. The third-order valence-corrected chi connectivity index (χ3v) is 4.93. The third kappa shape index (κ3) is 6.20. The van der Waals surface area contributed by atoms with Crippen LogP contribution in [-0.2, 0) is 6.18 Å². The predicted molar refractivity (Wildman–Crippen MR) is 103 cm³/mol. The largest absolute Gasteiger partial charge is 0.418 e. The number of anilines is 3. The lowest BCUT2D eigenvalue weighted by molar-refractivity contribution is -0.137. The first-order chi connectivity index (χ1) is 12.4. The van der Waals surface area contributed by atoms with Crippen molar-refractivity contribution in [3.05, 3.63) is 35.3 Å². The number of benzene rings is 1. The highest BCUT2D eigenvalue weighted by molar-refractivity contribution is 7.13. The fourth-order valence-electron chi connectivity index (χ4n) is 2.83. The Bertz CT molecular complexity index is 657. The number of alkyl halides is 3. The first-order valence-electron chi connectivity index (χ1n) is 9.00. The molecule has 0 saturated heterocycles. The van der Waals surface area contributed by atoms with Gasteiger partial charge < -0.3 is 10.2 Å². The van der Waals surface area contributed by atoms with E-state index in [2.05, 4.69) is 17.2 Å². The summed E-state index contributed by atoms with van der Waals surface area (Å²) in [4.78, 5) is 5.75. The van der Waals surface area contributed by atoms with E-state index in [1.807, 2.05) is 0 Å². The Hall–Kier alpha value is -1.76. The normalized spacial score (nSPS) is 11.6. The third-order valence-electron chi connectivity index (χ3n) is 4.24. The summed E-state index contributed by atoms with van der Waals surface area (Å²) in [6, 6.07) is 4.37. The highest BCUT2D eigenvalue weighted by Gasteiger charge is 2.34. The molecule has 1 N–H and O–H groups in total. The molecule has 0 fully saturated rings. The second-order valence-corrected chi connectivity index (χ2v) is 7.28. The molecule has 2 aromatic rings. The van der Waals surface area contributed by atoms with E-state index < -0.39 is 11.7 Å². The van der Waals surface area contributed by atoms with Crippen LogP contribution >= 0.6 is 11.3 Å². The Labute approximate surface area is 157 Å². The Morgan fingerprint density at radius 1 is 1.12 bits per heavy atom. The van der Waals surface area contributed by atoms with E-state index in [0.717, 1.165) is 25.3 Å². The number of nitrogens with one attached hydrogen (secondary N) is 1. The summed E-state index contributed by atoms with van der Waals surface area (Å²) in [6.45, 7) is 2.79. The number of aromatic nitrogens is 1. The first-order valence-corrected chi connectivity index (χ1v) is 9.88. The van der Waals surface area contributed by atoms with Gasteiger partial charge in [-0.05, 0) is 24.6 Å². The molecule has 0 aliphatic heterocycles. The Kier molecular flexibility index (Phi) is 7.75. The average Bonchev–Trinajstić information content (AvgIpc) is 3.10. The van der Waals surface area contributed by atoms with Gasteiger partial charge in [-0.15, -0.1) is 11.3 Å². The van der Waals surface area contributed by atoms with Crippen molar-refractivity contribution in [1.29, 1.82) is 0 Å². The Morgan fingerprint density at radius 2 is 1.85 bits per heavy atom. The molecule has 0 aliphatic rings. The molecule has 1 heterocycles. The second kappa shape index (κ2) is 9.80. The molecule has 1 aromatic carbocycles. The van der Waals surface area contributed by atoms with Crippen LogP contribution in [0.15, 0.2) is 29.8 Å². The number of hydrogen-bond donors (Lipinski definition) is 1. The SMILES string of the molecule is CCCCCCCCN(C)c1ccc(Nc2nccs2)cc1C(F)(F)F. The van der Waals surface area contributed by atoms with Gasteiger partial charge in [0.05, 0.1) is 5.56 Å². The number of unbranched alkanes of at least 4 members (excludes halogenated alkanes) is 5. The molecule has 2 rings (SSSR count). The highest BCUT2D eigenvalue weighted by atomic mass is 32.1. The first kappa shape index (κ1) is 20.6. The van der Waals surface area contributed by atoms with E-state index in [1.54, 1.807) is 29.6 Å². The van der Waals surface area contributed by atoms with Crippen molar-refractivity contribution in [2.24, 2.45) is 0 Å². The summed E-state index contributed by atoms with van der Waals surface area (Å²) in [5.41, 5.74) is -0.00715. The lowest BCUT2D eigenvalue weighted by Crippen LogP contribution is -2.22. The number of nitrogens with zero attached hydrogens (tertiary/aromatic N) is 2. The van der Waals surface area contributed by atoms with Crippen molar-refractivity contribution in [1.82, 2.24) is 4.98 Å². The van der Waals surface area contributed by atoms with Gasteiger partial charge in [0.1, 0.15) is 0 Å². The van der Waals surface area contributed by atoms with Crippen molar-refractivity contribution in [3.63, 3.8) is 0 Å². The van der Waals surface area contributed by atoms with Gasteiger partial charge in [0.25, 0.3) is 0 Å². The van der Waals surface area contributed by atoms with E-state index in [-0.39, 0.29) is 5.69 Å². The molecule has 26 heavy (non-hydrogen) atoms. The minimum atomic E-state index is -4.40. The number of halogens is 3. The number of thiazole rings is 1. The van der Waals surface area contributed by atoms with Crippen molar-refractivity contribution in [3.8, 4) is 0 Å². The van der Waals surface area contributed by atoms with Gasteiger partial charge in [0.15, 0.2) is 5.13 Å². The van der Waals surface area contributed by atoms with Gasteiger partial charge in [-0.25, -0.2) is 4.98 Å². The summed E-state index contributed by atoms with van der Waals surface area (Å²) in [7, 11) is 1.73. The smallest absolute Gasteiger partial charge is 0.374 e. The molecular weight excluding hydrogens is 359 g/mol. The quantitative estimate of drug-likeness (QED) is 0.461. The van der Waals surface area contributed by atoms with E-state index in [0.29, 0.717) is 17.4 Å². The van der Waals surface area contributed by atoms with E-state index >= 15 is 0 Å². The summed E-state index contributed by atoms with van der Waals surface area (Å²) in [5.74, 6) is 0. The van der Waals surface area contributed by atoms with E-state index in [1.165, 1.54) is 36.7 Å². The molecule has 144 valence electrons. The topological polar surface area (TPSA) is 28.2 Å². The van der Waals surface area contributed by atoms with Crippen LogP contribution in [-0.4, -0.2) is 18.6 Å². The molecule has 0 amide bonds. The maximum Gasteiger partial charge on any atom is 0.418 e. The molecule has 0 bridgehead atoms. The van der Waals surface area contributed by atoms with Crippen LogP contribution in [0.3, 0.4) is 0 Å². The fourth-order valence-corrected chi connectivity index (χ4v) is 3.38. The molecule has 3 nitrogen and oxygen atoms in total. The molecule has 0 spiro atoms. The average molecular weight is 385 g/mol. The molecule has 1 aromatic heterocycles. The van der Waals surface area contributed by atoms with Crippen molar-refractivity contribution in [2.75, 3.05) is 23.8 Å². The van der Waals surface area contributed by atoms with Crippen LogP contribution in [0, 0.1) is 0 Å². The van der Waals surface area contributed by atoms with Crippen LogP contribution in [0.4, 0.5) is 29.7 Å². The maximum absolute atomic E-state index is 13.5. The summed E-state index contributed by atoms with van der Waals surface area (Å²) < 4.78 is 40.6. The van der Waals surface area contributed by atoms with Gasteiger partial charge in [-0.3, -0.25) is 0 Å². The lowest BCUT2D eigenvalue weighted by atomic mass is 10.1. The van der Waals surface area contributed by atoms with Crippen LogP contribution < -0.4 is 10.2 Å².